The van der Waals surface area contributed by atoms with E-state index >= 15 is 0 Å². The Labute approximate surface area is 127 Å². The summed E-state index contributed by atoms with van der Waals surface area (Å²) in [6.45, 7) is 14.8. The molecule has 0 radical (unpaired) electrons. The maximum atomic E-state index is 2.53. The second-order valence-corrected chi connectivity index (χ2v) is 9.51. The molecule has 0 heteroatoms. The second-order valence-electron chi connectivity index (χ2n) is 9.51. The van der Waals surface area contributed by atoms with Crippen molar-refractivity contribution in [3.05, 3.63) is 0 Å². The third-order valence-corrected chi connectivity index (χ3v) is 7.51. The molecule has 0 bridgehead atoms. The highest BCUT2D eigenvalue weighted by Crippen LogP contribution is 3.01. The molecule has 3 aliphatic carbocycles. The summed E-state index contributed by atoms with van der Waals surface area (Å²) in [6, 6.07) is 0. The van der Waals surface area contributed by atoms with Gasteiger partial charge in [-0.1, -0.05) is 54.4 Å². The van der Waals surface area contributed by atoms with Crippen molar-refractivity contribution in [1.82, 2.24) is 0 Å². The summed E-state index contributed by atoms with van der Waals surface area (Å²) >= 11 is 0. The molecule has 6 unspecified atom stereocenters. The van der Waals surface area contributed by atoms with E-state index in [1.165, 1.54) is 38.0 Å². The van der Waals surface area contributed by atoms with E-state index in [0.717, 1.165) is 28.6 Å². The lowest BCUT2D eigenvalue weighted by Gasteiger charge is -2.31. The van der Waals surface area contributed by atoms with Crippen LogP contribution in [0.3, 0.4) is 0 Å². The van der Waals surface area contributed by atoms with Crippen LogP contribution >= 0.6 is 0 Å². The zero-order valence-electron chi connectivity index (χ0n) is 14.8. The highest BCUT2D eigenvalue weighted by molar-refractivity contribution is 5.43. The van der Waals surface area contributed by atoms with Crippen molar-refractivity contribution in [3.63, 3.8) is 0 Å². The Bertz CT molecular complexity index is 381. The number of hydrogen-bond acceptors (Lipinski definition) is 0. The van der Waals surface area contributed by atoms with Gasteiger partial charge in [-0.3, -0.25) is 0 Å². The molecule has 0 saturated heterocycles. The lowest BCUT2D eigenvalue weighted by Crippen LogP contribution is -2.21. The summed E-state index contributed by atoms with van der Waals surface area (Å²) in [5.74, 6) is 4.21. The van der Waals surface area contributed by atoms with Crippen LogP contribution in [0, 0.1) is 39.9 Å². The minimum Gasteiger partial charge on any atom is -0.0654 e. The van der Waals surface area contributed by atoms with E-state index < -0.39 is 0 Å². The molecular formula is C20H36. The zero-order chi connectivity index (χ0) is 14.8. The average Bonchev–Trinajstić information content (AvgIpc) is 3.20. The minimum absolute atomic E-state index is 0.557. The molecule has 3 rings (SSSR count). The smallest absolute Gasteiger partial charge is 0.0170 e. The van der Waals surface area contributed by atoms with Gasteiger partial charge in [0.1, 0.15) is 0 Å². The molecule has 0 nitrogen and oxygen atoms in total. The molecule has 0 heterocycles. The molecular weight excluding hydrogens is 240 g/mol. The third-order valence-electron chi connectivity index (χ3n) is 7.51. The first-order valence-electron chi connectivity index (χ1n) is 9.34. The molecule has 3 fully saturated rings. The van der Waals surface area contributed by atoms with Crippen molar-refractivity contribution in [2.45, 2.75) is 86.5 Å². The van der Waals surface area contributed by atoms with Crippen molar-refractivity contribution in [2.75, 3.05) is 0 Å². The van der Waals surface area contributed by atoms with Gasteiger partial charge in [0.05, 0.1) is 0 Å². The van der Waals surface area contributed by atoms with Crippen LogP contribution in [0.5, 0.6) is 0 Å². The van der Waals surface area contributed by atoms with Gasteiger partial charge in [-0.05, 0) is 72.0 Å². The highest BCUT2D eigenvalue weighted by Gasteiger charge is 2.96. The fourth-order valence-electron chi connectivity index (χ4n) is 6.71. The van der Waals surface area contributed by atoms with Crippen LogP contribution in [0.2, 0.25) is 0 Å². The summed E-state index contributed by atoms with van der Waals surface area (Å²) in [4.78, 5) is 0. The number of fused-ring (bicyclic) bond motifs is 3. The predicted octanol–water partition coefficient (Wildman–Crippen LogP) is 6.30. The van der Waals surface area contributed by atoms with Gasteiger partial charge in [0, 0.05) is 0 Å². The Hall–Kier alpha value is 0. The molecule has 116 valence electrons. The summed E-state index contributed by atoms with van der Waals surface area (Å²) < 4.78 is 0. The zero-order valence-corrected chi connectivity index (χ0v) is 14.8. The van der Waals surface area contributed by atoms with Gasteiger partial charge in [-0.2, -0.15) is 0 Å². The molecule has 0 aromatic heterocycles. The minimum atomic E-state index is 0.557. The van der Waals surface area contributed by atoms with Gasteiger partial charge in [-0.15, -0.1) is 0 Å². The standard InChI is InChI=1S/C20H36/c1-7-9-18(5,6)11-14(3)10-16(8-2)20-13-17(20)19(20)12-15(19)4/h14-17H,7-13H2,1-6H3. The molecule has 0 aliphatic heterocycles. The van der Waals surface area contributed by atoms with Crippen LogP contribution in [0.25, 0.3) is 0 Å². The van der Waals surface area contributed by atoms with Crippen molar-refractivity contribution >= 4 is 0 Å². The van der Waals surface area contributed by atoms with Crippen LogP contribution in [-0.4, -0.2) is 0 Å². The average molecular weight is 277 g/mol. The first kappa shape index (κ1) is 14.9. The van der Waals surface area contributed by atoms with Gasteiger partial charge in [0.15, 0.2) is 0 Å². The van der Waals surface area contributed by atoms with Crippen LogP contribution < -0.4 is 0 Å². The molecule has 3 aliphatic rings. The second kappa shape index (κ2) is 4.50. The van der Waals surface area contributed by atoms with E-state index in [1.807, 2.05) is 0 Å². The van der Waals surface area contributed by atoms with Gasteiger partial charge >= 0.3 is 0 Å². The lowest BCUT2D eigenvalue weighted by molar-refractivity contribution is 0.194. The first-order chi connectivity index (χ1) is 9.34. The molecule has 6 atom stereocenters. The molecule has 0 N–H and O–H groups in total. The van der Waals surface area contributed by atoms with Crippen molar-refractivity contribution < 1.29 is 0 Å². The Kier molecular flexibility index (Phi) is 3.35. The predicted molar refractivity (Wildman–Crippen MR) is 87.6 cm³/mol. The first-order valence-corrected chi connectivity index (χ1v) is 9.34. The normalized spacial score (nSPS) is 44.1. The summed E-state index contributed by atoms with van der Waals surface area (Å²) in [5, 5.41) is 0. The Morgan fingerprint density at radius 2 is 1.85 bits per heavy atom. The van der Waals surface area contributed by atoms with Gasteiger partial charge < -0.3 is 0 Å². The van der Waals surface area contributed by atoms with E-state index in [1.54, 1.807) is 12.8 Å². The SMILES string of the molecule is CCCC(C)(C)CC(C)CC(CC)C12CC1C21CC1C. The molecule has 20 heavy (non-hydrogen) atoms. The molecule has 1 spiro atoms. The van der Waals surface area contributed by atoms with E-state index in [-0.39, 0.29) is 0 Å². The van der Waals surface area contributed by atoms with Crippen LogP contribution in [-0.2, 0) is 0 Å². The Morgan fingerprint density at radius 1 is 1.20 bits per heavy atom. The quantitative estimate of drug-likeness (QED) is 0.488. The van der Waals surface area contributed by atoms with Crippen molar-refractivity contribution in [2.24, 2.45) is 39.9 Å². The fourth-order valence-corrected chi connectivity index (χ4v) is 6.71. The fraction of sp³-hybridized carbons (Fsp3) is 1.00. The molecule has 0 amide bonds. The van der Waals surface area contributed by atoms with E-state index in [2.05, 4.69) is 41.5 Å². The van der Waals surface area contributed by atoms with Gasteiger partial charge in [0.2, 0.25) is 0 Å². The summed E-state index contributed by atoms with van der Waals surface area (Å²) in [5.41, 5.74) is 2.32. The van der Waals surface area contributed by atoms with Crippen molar-refractivity contribution in [1.29, 1.82) is 0 Å². The van der Waals surface area contributed by atoms with E-state index in [4.69, 9.17) is 0 Å². The number of rotatable bonds is 8. The van der Waals surface area contributed by atoms with E-state index in [0.29, 0.717) is 5.41 Å². The maximum Gasteiger partial charge on any atom is -0.0170 e. The van der Waals surface area contributed by atoms with Gasteiger partial charge in [0.25, 0.3) is 0 Å². The molecule has 3 saturated carbocycles. The van der Waals surface area contributed by atoms with Gasteiger partial charge in [-0.25, -0.2) is 0 Å². The number of hydrogen-bond donors (Lipinski definition) is 0. The Morgan fingerprint density at radius 3 is 2.25 bits per heavy atom. The topological polar surface area (TPSA) is 0 Å². The van der Waals surface area contributed by atoms with Crippen LogP contribution in [0.15, 0.2) is 0 Å². The lowest BCUT2D eigenvalue weighted by atomic mass is 9.74. The summed E-state index contributed by atoms with van der Waals surface area (Å²) in [7, 11) is 0. The van der Waals surface area contributed by atoms with Crippen molar-refractivity contribution in [3.8, 4) is 0 Å². The van der Waals surface area contributed by atoms with Crippen LogP contribution in [0.4, 0.5) is 0 Å². The maximum absolute atomic E-state index is 2.53. The van der Waals surface area contributed by atoms with E-state index in [9.17, 15) is 0 Å². The monoisotopic (exact) mass is 276 g/mol. The molecule has 0 aromatic rings. The third kappa shape index (κ3) is 1.92. The summed E-state index contributed by atoms with van der Waals surface area (Å²) in [6.07, 6.45) is 10.3. The molecule has 0 aromatic carbocycles. The Balaban J connectivity index is 1.55. The highest BCUT2D eigenvalue weighted by atomic mass is 15.0. The van der Waals surface area contributed by atoms with Crippen LogP contribution in [0.1, 0.15) is 86.5 Å². The largest absolute Gasteiger partial charge is 0.0654 e.